The normalized spacial score (nSPS) is 12.3. The van der Waals surface area contributed by atoms with Gasteiger partial charge in [0.1, 0.15) is 51.0 Å². The predicted molar refractivity (Wildman–Crippen MR) is 117 cm³/mol. The highest BCUT2D eigenvalue weighted by atomic mass is 32.3. The van der Waals surface area contributed by atoms with Crippen LogP contribution in [0, 0.1) is 11.2 Å². The molecule has 0 heterocycles. The molecule has 0 aliphatic heterocycles. The summed E-state index contributed by atoms with van der Waals surface area (Å²) in [5.74, 6) is 3.93. The lowest BCUT2D eigenvalue weighted by atomic mass is 10.1. The first-order valence-corrected chi connectivity index (χ1v) is 11.3. The Bertz CT molecular complexity index is 995. The van der Waals surface area contributed by atoms with Crippen LogP contribution in [0.25, 0.3) is 0 Å². The van der Waals surface area contributed by atoms with Gasteiger partial charge in [0, 0.05) is 40.8 Å². The Hall–Kier alpha value is -2.94. The lowest BCUT2D eigenvalue weighted by molar-refractivity contribution is 0.377. The molecule has 2 unspecified atom stereocenters. The van der Waals surface area contributed by atoms with Crippen molar-refractivity contribution < 1.29 is 37.6 Å². The second kappa shape index (κ2) is 11.5. The standard InChI is InChI=1S/C20H23NO8S2/c1-26-17-9-13(22)10-18(27-2)15(17)5-7-30(24)21-31(25)8-6-16-19(28-3)11-14(23)12-20(16)29-4/h9-12,21-23H,5,7H2,1-4H3. The van der Waals surface area contributed by atoms with Crippen LogP contribution < -0.4 is 23.1 Å². The fourth-order valence-electron chi connectivity index (χ4n) is 2.68. The average molecular weight is 470 g/mol. The Kier molecular flexibility index (Phi) is 8.99. The minimum absolute atomic E-state index is 0.0202. The average Bonchev–Trinajstić information content (AvgIpc) is 2.75. The molecule has 2 aromatic rings. The Labute approximate surface area is 185 Å². The lowest BCUT2D eigenvalue weighted by Gasteiger charge is -2.13. The van der Waals surface area contributed by atoms with Crippen LogP contribution in [0.15, 0.2) is 24.3 Å². The Morgan fingerprint density at radius 2 is 1.29 bits per heavy atom. The van der Waals surface area contributed by atoms with Gasteiger partial charge in [-0.1, -0.05) is 0 Å². The molecule has 0 saturated carbocycles. The summed E-state index contributed by atoms with van der Waals surface area (Å²) in [4.78, 5) is 0. The van der Waals surface area contributed by atoms with Crippen LogP contribution in [0.2, 0.25) is 0 Å². The summed E-state index contributed by atoms with van der Waals surface area (Å²) >= 11 is 0. The van der Waals surface area contributed by atoms with Crippen LogP contribution in [-0.2, 0) is 28.4 Å². The van der Waals surface area contributed by atoms with E-state index in [0.29, 0.717) is 22.6 Å². The van der Waals surface area contributed by atoms with Crippen molar-refractivity contribution in [2.24, 2.45) is 0 Å². The third-order valence-corrected chi connectivity index (χ3v) is 6.27. The number of rotatable bonds is 9. The molecule has 0 amide bonds. The monoisotopic (exact) mass is 469 g/mol. The number of methoxy groups -OCH3 is 4. The van der Waals surface area contributed by atoms with E-state index in [0.717, 1.165) is 0 Å². The summed E-state index contributed by atoms with van der Waals surface area (Å²) in [7, 11) is 2.07. The molecule has 9 nitrogen and oxygen atoms in total. The van der Waals surface area contributed by atoms with E-state index < -0.39 is 22.0 Å². The van der Waals surface area contributed by atoms with Crippen molar-refractivity contribution in [3.8, 4) is 45.7 Å². The van der Waals surface area contributed by atoms with Gasteiger partial charge in [-0.05, 0) is 12.3 Å². The van der Waals surface area contributed by atoms with Gasteiger partial charge in [-0.2, -0.15) is 0 Å². The minimum Gasteiger partial charge on any atom is -0.508 e. The van der Waals surface area contributed by atoms with Gasteiger partial charge in [0.15, 0.2) is 11.0 Å². The maximum Gasteiger partial charge on any atom is 0.183 e. The Balaban J connectivity index is 2.09. The molecule has 0 spiro atoms. The van der Waals surface area contributed by atoms with Crippen LogP contribution in [0.3, 0.4) is 0 Å². The summed E-state index contributed by atoms with van der Waals surface area (Å²) in [5.41, 5.74) is 0.913. The van der Waals surface area contributed by atoms with Crippen molar-refractivity contribution in [3.05, 3.63) is 35.4 Å². The third-order valence-electron chi connectivity index (χ3n) is 4.06. The zero-order valence-electron chi connectivity index (χ0n) is 17.4. The topological polar surface area (TPSA) is 124 Å². The molecule has 0 aliphatic rings. The first-order valence-electron chi connectivity index (χ1n) is 8.79. The van der Waals surface area contributed by atoms with Crippen LogP contribution in [0.1, 0.15) is 11.1 Å². The molecule has 0 saturated heterocycles. The van der Waals surface area contributed by atoms with Gasteiger partial charge in [0.05, 0.1) is 28.4 Å². The van der Waals surface area contributed by atoms with E-state index in [-0.39, 0.29) is 35.2 Å². The molecule has 0 radical (unpaired) electrons. The number of phenolic OH excluding ortho intramolecular Hbond substituents is 2. The number of nitrogens with one attached hydrogen (secondary N) is 1. The second-order valence-electron chi connectivity index (χ2n) is 5.93. The highest BCUT2D eigenvalue weighted by Crippen LogP contribution is 2.34. The number of hydrogen-bond donors (Lipinski definition) is 3. The Morgan fingerprint density at radius 1 is 0.839 bits per heavy atom. The van der Waals surface area contributed by atoms with Crippen LogP contribution in [-0.4, -0.2) is 52.8 Å². The van der Waals surface area contributed by atoms with E-state index in [9.17, 15) is 18.6 Å². The maximum absolute atomic E-state index is 12.3. The van der Waals surface area contributed by atoms with Crippen LogP contribution >= 0.6 is 0 Å². The fraction of sp³-hybridized carbons (Fsp3) is 0.300. The van der Waals surface area contributed by atoms with E-state index in [1.807, 2.05) is 0 Å². The molecule has 2 aromatic carbocycles. The van der Waals surface area contributed by atoms with Gasteiger partial charge >= 0.3 is 0 Å². The Morgan fingerprint density at radius 3 is 1.74 bits per heavy atom. The van der Waals surface area contributed by atoms with Gasteiger partial charge in [0.2, 0.25) is 0 Å². The van der Waals surface area contributed by atoms with Crippen molar-refractivity contribution in [3.63, 3.8) is 0 Å². The van der Waals surface area contributed by atoms with Crippen LogP contribution in [0.4, 0.5) is 0 Å². The van der Waals surface area contributed by atoms with Gasteiger partial charge in [0.25, 0.3) is 0 Å². The lowest BCUT2D eigenvalue weighted by Crippen LogP contribution is -2.22. The molecular formula is C20H23NO8S2. The summed E-state index contributed by atoms with van der Waals surface area (Å²) in [6, 6.07) is 5.55. The van der Waals surface area contributed by atoms with Crippen molar-refractivity contribution in [2.75, 3.05) is 34.2 Å². The number of benzene rings is 2. The summed E-state index contributed by atoms with van der Waals surface area (Å²) in [6.45, 7) is 0. The first kappa shape index (κ1) is 24.3. The largest absolute Gasteiger partial charge is 0.508 e. The summed E-state index contributed by atoms with van der Waals surface area (Å²) in [6.07, 6.45) is 0.274. The third kappa shape index (κ3) is 6.52. The summed E-state index contributed by atoms with van der Waals surface area (Å²) < 4.78 is 47.7. The molecule has 0 fully saturated rings. The van der Waals surface area contributed by atoms with Crippen molar-refractivity contribution >= 4 is 22.0 Å². The van der Waals surface area contributed by atoms with E-state index in [4.69, 9.17) is 18.9 Å². The number of ether oxygens (including phenoxy) is 4. The van der Waals surface area contributed by atoms with E-state index >= 15 is 0 Å². The molecule has 0 bridgehead atoms. The van der Waals surface area contributed by atoms with Crippen molar-refractivity contribution in [2.45, 2.75) is 6.42 Å². The number of aromatic hydroxyl groups is 2. The second-order valence-corrected chi connectivity index (χ2v) is 8.44. The van der Waals surface area contributed by atoms with Gasteiger partial charge in [-0.15, -0.1) is 4.13 Å². The fourth-order valence-corrected chi connectivity index (χ4v) is 4.44. The van der Waals surface area contributed by atoms with E-state index in [1.54, 1.807) is 0 Å². The quantitative estimate of drug-likeness (QED) is 0.473. The zero-order valence-corrected chi connectivity index (χ0v) is 19.0. The van der Waals surface area contributed by atoms with E-state index in [2.05, 4.69) is 15.3 Å². The van der Waals surface area contributed by atoms with Crippen LogP contribution in [0.5, 0.6) is 34.5 Å². The molecular weight excluding hydrogens is 446 g/mol. The van der Waals surface area contributed by atoms with Gasteiger partial charge in [-0.25, -0.2) is 8.42 Å². The highest BCUT2D eigenvalue weighted by molar-refractivity contribution is 8.00. The smallest absolute Gasteiger partial charge is 0.183 e. The zero-order chi connectivity index (χ0) is 23.0. The molecule has 11 heteroatoms. The van der Waals surface area contributed by atoms with Crippen molar-refractivity contribution in [1.29, 1.82) is 0 Å². The molecule has 3 N–H and O–H groups in total. The van der Waals surface area contributed by atoms with Crippen molar-refractivity contribution in [1.82, 2.24) is 4.13 Å². The molecule has 2 atom stereocenters. The molecule has 168 valence electrons. The number of phenols is 2. The maximum atomic E-state index is 12.3. The summed E-state index contributed by atoms with van der Waals surface area (Å²) in [5, 5.41) is 21.8. The molecule has 0 aromatic heterocycles. The molecule has 2 rings (SSSR count). The number of hydrogen-bond acceptors (Lipinski definition) is 8. The molecule has 31 heavy (non-hydrogen) atoms. The molecule has 0 aliphatic carbocycles. The first-order chi connectivity index (χ1) is 14.8. The predicted octanol–water partition coefficient (Wildman–Crippen LogP) is 1.60. The van der Waals surface area contributed by atoms with Gasteiger partial charge in [-0.3, -0.25) is 0 Å². The minimum atomic E-state index is -1.94. The SMILES string of the molecule is COc1cc(O)cc(OC)c1C#CS(=O)NS(=O)CCc1c(OC)cc(O)cc1OC. The highest BCUT2D eigenvalue weighted by Gasteiger charge is 2.15. The van der Waals surface area contributed by atoms with E-state index in [1.165, 1.54) is 52.7 Å². The van der Waals surface area contributed by atoms with Gasteiger partial charge < -0.3 is 29.2 Å².